The number of rotatable bonds is 4. The first-order chi connectivity index (χ1) is 9.69. The van der Waals surface area contributed by atoms with Crippen molar-refractivity contribution in [3.8, 4) is 0 Å². The molecule has 114 valence electrons. The van der Waals surface area contributed by atoms with E-state index in [2.05, 4.69) is 5.32 Å². The van der Waals surface area contributed by atoms with Crippen LogP contribution in [0, 0.1) is 11.8 Å². The zero-order chi connectivity index (χ0) is 14.0. The third-order valence-electron chi connectivity index (χ3n) is 5.21. The first kappa shape index (κ1) is 14.3. The molecule has 2 aliphatic carbocycles. The van der Waals surface area contributed by atoms with Gasteiger partial charge in [-0.05, 0) is 38.1 Å². The summed E-state index contributed by atoms with van der Waals surface area (Å²) in [5, 5.41) is 12.8. The minimum absolute atomic E-state index is 0.140. The minimum atomic E-state index is -0.621. The fourth-order valence-electron chi connectivity index (χ4n) is 3.97. The van der Waals surface area contributed by atoms with E-state index >= 15 is 0 Å². The second-order valence-corrected chi connectivity index (χ2v) is 6.43. The van der Waals surface area contributed by atoms with E-state index in [9.17, 15) is 9.90 Å². The second-order valence-electron chi connectivity index (χ2n) is 6.43. The zero-order valence-electron chi connectivity index (χ0n) is 12.0. The van der Waals surface area contributed by atoms with E-state index in [4.69, 9.17) is 9.47 Å². The summed E-state index contributed by atoms with van der Waals surface area (Å²) < 4.78 is 11.5. The van der Waals surface area contributed by atoms with Gasteiger partial charge in [-0.15, -0.1) is 0 Å². The van der Waals surface area contributed by atoms with E-state index in [1.54, 1.807) is 0 Å². The van der Waals surface area contributed by atoms with Crippen molar-refractivity contribution in [2.45, 2.75) is 56.8 Å². The maximum Gasteiger partial charge on any atom is 0.306 e. The van der Waals surface area contributed by atoms with Crippen molar-refractivity contribution in [1.82, 2.24) is 5.32 Å². The molecule has 2 atom stereocenters. The van der Waals surface area contributed by atoms with Gasteiger partial charge in [0.05, 0.1) is 19.1 Å². The lowest BCUT2D eigenvalue weighted by molar-refractivity contribution is -0.179. The van der Waals surface area contributed by atoms with Crippen molar-refractivity contribution in [2.24, 2.45) is 11.8 Å². The molecule has 1 spiro atoms. The molecule has 20 heavy (non-hydrogen) atoms. The van der Waals surface area contributed by atoms with E-state index in [-0.39, 0.29) is 11.7 Å². The van der Waals surface area contributed by atoms with Gasteiger partial charge in [-0.2, -0.15) is 0 Å². The van der Waals surface area contributed by atoms with Crippen LogP contribution < -0.4 is 5.32 Å². The highest BCUT2D eigenvalue weighted by Crippen LogP contribution is 2.36. The third-order valence-corrected chi connectivity index (χ3v) is 5.21. The number of hydrogen-bond acceptors (Lipinski definition) is 4. The predicted octanol–water partition coefficient (Wildman–Crippen LogP) is 1.76. The van der Waals surface area contributed by atoms with Gasteiger partial charge in [0.25, 0.3) is 0 Å². The molecule has 2 saturated carbocycles. The van der Waals surface area contributed by atoms with Crippen molar-refractivity contribution < 1.29 is 19.4 Å². The second kappa shape index (κ2) is 6.00. The molecular formula is C15H25NO4. The Morgan fingerprint density at radius 1 is 1.15 bits per heavy atom. The van der Waals surface area contributed by atoms with Gasteiger partial charge < -0.3 is 19.9 Å². The number of carboxylic acids is 1. The Labute approximate surface area is 120 Å². The van der Waals surface area contributed by atoms with Gasteiger partial charge in [0.2, 0.25) is 0 Å². The Morgan fingerprint density at radius 3 is 2.50 bits per heavy atom. The monoisotopic (exact) mass is 283 g/mol. The lowest BCUT2D eigenvalue weighted by Gasteiger charge is -2.36. The van der Waals surface area contributed by atoms with Gasteiger partial charge in [0, 0.05) is 18.9 Å². The van der Waals surface area contributed by atoms with E-state index in [1.165, 1.54) is 0 Å². The number of aliphatic carboxylic acids is 1. The Kier molecular flexibility index (Phi) is 4.29. The van der Waals surface area contributed by atoms with Crippen LogP contribution in [0.1, 0.15) is 44.9 Å². The molecule has 2 unspecified atom stereocenters. The average Bonchev–Trinajstić information content (AvgIpc) is 3.08. The Morgan fingerprint density at radius 2 is 1.85 bits per heavy atom. The molecule has 3 rings (SSSR count). The highest BCUT2D eigenvalue weighted by atomic mass is 16.7. The average molecular weight is 283 g/mol. The van der Waals surface area contributed by atoms with Gasteiger partial charge in [0.1, 0.15) is 0 Å². The lowest BCUT2D eigenvalue weighted by Crippen LogP contribution is -2.43. The minimum Gasteiger partial charge on any atom is -0.481 e. The van der Waals surface area contributed by atoms with Gasteiger partial charge in [-0.1, -0.05) is 6.42 Å². The predicted molar refractivity (Wildman–Crippen MR) is 73.4 cm³/mol. The van der Waals surface area contributed by atoms with Gasteiger partial charge in [0.15, 0.2) is 5.79 Å². The van der Waals surface area contributed by atoms with Crippen LogP contribution in [0.5, 0.6) is 0 Å². The third kappa shape index (κ3) is 3.00. The maximum absolute atomic E-state index is 11.2. The molecule has 0 aromatic rings. The topological polar surface area (TPSA) is 67.8 Å². The fourth-order valence-corrected chi connectivity index (χ4v) is 3.97. The quantitative estimate of drug-likeness (QED) is 0.823. The molecule has 3 aliphatic rings. The summed E-state index contributed by atoms with van der Waals surface area (Å²) in [5.41, 5.74) is 0. The summed E-state index contributed by atoms with van der Waals surface area (Å²) in [6, 6.07) is 0.489. The molecule has 1 heterocycles. The summed E-state index contributed by atoms with van der Waals surface area (Å²) >= 11 is 0. The van der Waals surface area contributed by atoms with Crippen LogP contribution in [0.2, 0.25) is 0 Å². The summed E-state index contributed by atoms with van der Waals surface area (Å²) in [7, 11) is 0. The Balaban J connectivity index is 1.42. The molecule has 5 nitrogen and oxygen atoms in total. The van der Waals surface area contributed by atoms with Crippen LogP contribution in [-0.4, -0.2) is 42.7 Å². The number of nitrogens with one attached hydrogen (secondary N) is 1. The van der Waals surface area contributed by atoms with Crippen molar-refractivity contribution in [3.63, 3.8) is 0 Å². The standard InChI is InChI=1S/C15H25NO4/c17-14(18)13-3-1-2-11(13)10-16-12-4-6-15(7-5-12)19-8-9-20-15/h11-13,16H,1-10H2,(H,17,18). The number of ether oxygens (including phenoxy) is 2. The molecule has 0 bridgehead atoms. The Bertz CT molecular complexity index is 344. The van der Waals surface area contributed by atoms with E-state index < -0.39 is 5.97 Å². The molecule has 3 fully saturated rings. The summed E-state index contributed by atoms with van der Waals surface area (Å²) in [4.78, 5) is 11.2. The highest BCUT2D eigenvalue weighted by Gasteiger charge is 2.40. The molecule has 0 radical (unpaired) electrons. The van der Waals surface area contributed by atoms with Crippen LogP contribution in [0.25, 0.3) is 0 Å². The van der Waals surface area contributed by atoms with Crippen molar-refractivity contribution >= 4 is 5.97 Å². The molecule has 0 aromatic carbocycles. The molecule has 1 aliphatic heterocycles. The molecular weight excluding hydrogens is 258 g/mol. The van der Waals surface area contributed by atoms with Crippen LogP contribution >= 0.6 is 0 Å². The fraction of sp³-hybridized carbons (Fsp3) is 0.933. The summed E-state index contributed by atoms with van der Waals surface area (Å²) in [6.45, 7) is 2.29. The first-order valence-electron chi connectivity index (χ1n) is 7.93. The lowest BCUT2D eigenvalue weighted by atomic mass is 9.89. The van der Waals surface area contributed by atoms with Crippen molar-refractivity contribution in [3.05, 3.63) is 0 Å². The Hall–Kier alpha value is -0.650. The largest absolute Gasteiger partial charge is 0.481 e. The molecule has 1 saturated heterocycles. The van der Waals surface area contributed by atoms with Crippen LogP contribution in [0.15, 0.2) is 0 Å². The SMILES string of the molecule is O=C(O)C1CCCC1CNC1CCC2(CC1)OCCO2. The van der Waals surface area contributed by atoms with Gasteiger partial charge >= 0.3 is 5.97 Å². The zero-order valence-corrected chi connectivity index (χ0v) is 12.0. The molecule has 5 heteroatoms. The first-order valence-corrected chi connectivity index (χ1v) is 7.93. The number of hydrogen-bond donors (Lipinski definition) is 2. The molecule has 0 amide bonds. The van der Waals surface area contributed by atoms with Gasteiger partial charge in [-0.25, -0.2) is 0 Å². The summed E-state index contributed by atoms with van der Waals surface area (Å²) in [5.74, 6) is -0.749. The normalized spacial score (nSPS) is 33.8. The van der Waals surface area contributed by atoms with Crippen molar-refractivity contribution in [1.29, 1.82) is 0 Å². The van der Waals surface area contributed by atoms with Crippen LogP contribution in [-0.2, 0) is 14.3 Å². The van der Waals surface area contributed by atoms with E-state index in [0.29, 0.717) is 12.0 Å². The highest BCUT2D eigenvalue weighted by molar-refractivity contribution is 5.70. The maximum atomic E-state index is 11.2. The number of carbonyl (C=O) groups is 1. The molecule has 2 N–H and O–H groups in total. The van der Waals surface area contributed by atoms with Crippen LogP contribution in [0.3, 0.4) is 0 Å². The van der Waals surface area contributed by atoms with Crippen LogP contribution in [0.4, 0.5) is 0 Å². The van der Waals surface area contributed by atoms with E-state index in [1.807, 2.05) is 0 Å². The molecule has 0 aromatic heterocycles. The summed E-state index contributed by atoms with van der Waals surface area (Å²) in [6.07, 6.45) is 6.98. The van der Waals surface area contributed by atoms with E-state index in [0.717, 1.165) is 64.7 Å². The van der Waals surface area contributed by atoms with Crippen molar-refractivity contribution in [2.75, 3.05) is 19.8 Å². The smallest absolute Gasteiger partial charge is 0.306 e. The number of carboxylic acid groups (broad SMARTS) is 1. The van der Waals surface area contributed by atoms with Gasteiger partial charge in [-0.3, -0.25) is 4.79 Å².